The summed E-state index contributed by atoms with van der Waals surface area (Å²) in [7, 11) is 0. The molecular formula is C9H4BrFOS. The highest BCUT2D eigenvalue weighted by molar-refractivity contribution is 9.10. The average Bonchev–Trinajstić information content (AvgIpc) is 2.55. The third-order valence-corrected chi connectivity index (χ3v) is 3.55. The first-order valence-corrected chi connectivity index (χ1v) is 5.16. The second kappa shape index (κ2) is 3.20. The molecule has 0 aliphatic rings. The van der Waals surface area contributed by atoms with Crippen LogP contribution in [0.1, 0.15) is 9.67 Å². The summed E-state index contributed by atoms with van der Waals surface area (Å²) in [4.78, 5) is 11.1. The van der Waals surface area contributed by atoms with Crippen LogP contribution in [0.15, 0.2) is 22.7 Å². The van der Waals surface area contributed by atoms with Crippen LogP contribution in [0, 0.1) is 5.82 Å². The number of thiophene rings is 1. The molecule has 0 saturated heterocycles. The normalized spacial score (nSPS) is 10.6. The third kappa shape index (κ3) is 1.40. The first-order chi connectivity index (χ1) is 6.22. The molecule has 66 valence electrons. The lowest BCUT2D eigenvalue weighted by Gasteiger charge is -1.94. The van der Waals surface area contributed by atoms with Crippen molar-refractivity contribution in [1.29, 1.82) is 0 Å². The Bertz CT molecular complexity index is 478. The minimum atomic E-state index is -0.303. The summed E-state index contributed by atoms with van der Waals surface area (Å²) in [5, 5.41) is 0.757. The van der Waals surface area contributed by atoms with Gasteiger partial charge in [0.15, 0.2) is 6.29 Å². The van der Waals surface area contributed by atoms with Crippen molar-refractivity contribution in [3.8, 4) is 0 Å². The molecule has 0 saturated carbocycles. The van der Waals surface area contributed by atoms with E-state index >= 15 is 0 Å². The van der Waals surface area contributed by atoms with Gasteiger partial charge in [-0.15, -0.1) is 11.3 Å². The highest BCUT2D eigenvalue weighted by atomic mass is 79.9. The van der Waals surface area contributed by atoms with E-state index in [-0.39, 0.29) is 5.82 Å². The maximum atomic E-state index is 13.0. The Hall–Kier alpha value is -0.740. The quantitative estimate of drug-likeness (QED) is 0.715. The van der Waals surface area contributed by atoms with E-state index in [9.17, 15) is 9.18 Å². The minimum Gasteiger partial charge on any atom is -0.297 e. The number of hydrogen-bond donors (Lipinski definition) is 0. The van der Waals surface area contributed by atoms with Gasteiger partial charge in [-0.25, -0.2) is 4.39 Å². The molecule has 0 fully saturated rings. The van der Waals surface area contributed by atoms with Crippen LogP contribution in [0.4, 0.5) is 4.39 Å². The standard InChI is InChI=1S/C9H4BrFOS/c10-9-6-3-5(4-12)13-8(6)2-1-7(9)11/h1-4H. The fourth-order valence-electron chi connectivity index (χ4n) is 1.13. The van der Waals surface area contributed by atoms with Gasteiger partial charge in [0.1, 0.15) is 5.82 Å². The van der Waals surface area contributed by atoms with Crippen LogP contribution >= 0.6 is 27.3 Å². The zero-order valence-electron chi connectivity index (χ0n) is 6.38. The lowest BCUT2D eigenvalue weighted by atomic mass is 10.2. The Morgan fingerprint density at radius 1 is 1.46 bits per heavy atom. The monoisotopic (exact) mass is 258 g/mol. The van der Waals surface area contributed by atoms with Gasteiger partial charge in [-0.3, -0.25) is 4.79 Å². The van der Waals surface area contributed by atoms with E-state index in [1.54, 1.807) is 12.1 Å². The van der Waals surface area contributed by atoms with Gasteiger partial charge in [0, 0.05) is 10.1 Å². The second-order valence-corrected chi connectivity index (χ2v) is 4.45. The van der Waals surface area contributed by atoms with Gasteiger partial charge in [0.25, 0.3) is 0 Å². The molecule has 13 heavy (non-hydrogen) atoms. The number of halogens is 2. The number of rotatable bonds is 1. The van der Waals surface area contributed by atoms with Gasteiger partial charge >= 0.3 is 0 Å². The van der Waals surface area contributed by atoms with E-state index in [2.05, 4.69) is 15.9 Å². The number of aldehydes is 1. The predicted molar refractivity (Wildman–Crippen MR) is 54.9 cm³/mol. The summed E-state index contributed by atoms with van der Waals surface area (Å²) in [6.45, 7) is 0. The zero-order valence-corrected chi connectivity index (χ0v) is 8.78. The van der Waals surface area contributed by atoms with Crippen LogP contribution in [0.2, 0.25) is 0 Å². The van der Waals surface area contributed by atoms with E-state index in [1.165, 1.54) is 17.4 Å². The number of carbonyl (C=O) groups excluding carboxylic acids is 1. The summed E-state index contributed by atoms with van der Waals surface area (Å²) in [6.07, 6.45) is 0.773. The van der Waals surface area contributed by atoms with Crippen molar-refractivity contribution in [3.05, 3.63) is 33.4 Å². The van der Waals surface area contributed by atoms with E-state index in [0.29, 0.717) is 9.35 Å². The second-order valence-electron chi connectivity index (χ2n) is 2.54. The van der Waals surface area contributed by atoms with Gasteiger partial charge in [-0.2, -0.15) is 0 Å². The molecular weight excluding hydrogens is 255 g/mol. The summed E-state index contributed by atoms with van der Waals surface area (Å²) in [6, 6.07) is 4.74. The highest BCUT2D eigenvalue weighted by Gasteiger charge is 2.07. The summed E-state index contributed by atoms with van der Waals surface area (Å²) < 4.78 is 14.4. The Kier molecular flexibility index (Phi) is 2.17. The molecule has 0 N–H and O–H groups in total. The molecule has 1 aromatic carbocycles. The van der Waals surface area contributed by atoms with Crippen LogP contribution in [0.5, 0.6) is 0 Å². The summed E-state index contributed by atoms with van der Waals surface area (Å²) >= 11 is 4.49. The SMILES string of the molecule is O=Cc1cc2c(Br)c(F)ccc2s1. The molecule has 1 heterocycles. The maximum absolute atomic E-state index is 13.0. The Labute approximate surface area is 86.3 Å². The maximum Gasteiger partial charge on any atom is 0.160 e. The topological polar surface area (TPSA) is 17.1 Å². The first kappa shape index (κ1) is 8.84. The van der Waals surface area contributed by atoms with Crippen LogP contribution < -0.4 is 0 Å². The van der Waals surface area contributed by atoms with Crippen LogP contribution in [-0.4, -0.2) is 6.29 Å². The van der Waals surface area contributed by atoms with Crippen molar-refractivity contribution in [3.63, 3.8) is 0 Å². The Morgan fingerprint density at radius 3 is 2.92 bits per heavy atom. The molecule has 1 aromatic heterocycles. The molecule has 0 spiro atoms. The first-order valence-electron chi connectivity index (χ1n) is 3.55. The number of carbonyl (C=O) groups is 1. The fourth-order valence-corrected chi connectivity index (χ4v) is 2.61. The fraction of sp³-hybridized carbons (Fsp3) is 0. The van der Waals surface area contributed by atoms with E-state index in [1.807, 2.05) is 0 Å². The average molecular weight is 259 g/mol. The summed E-state index contributed by atoms with van der Waals surface area (Å²) in [5.41, 5.74) is 0. The van der Waals surface area contributed by atoms with E-state index < -0.39 is 0 Å². The minimum absolute atomic E-state index is 0.303. The molecule has 0 bridgehead atoms. The van der Waals surface area contributed by atoms with Crippen molar-refractivity contribution < 1.29 is 9.18 Å². The predicted octanol–water partition coefficient (Wildman–Crippen LogP) is 3.62. The molecule has 4 heteroatoms. The molecule has 0 aliphatic carbocycles. The highest BCUT2D eigenvalue weighted by Crippen LogP contribution is 2.32. The van der Waals surface area contributed by atoms with Gasteiger partial charge < -0.3 is 0 Å². The van der Waals surface area contributed by atoms with Crippen molar-refractivity contribution in [2.24, 2.45) is 0 Å². The molecule has 0 amide bonds. The van der Waals surface area contributed by atoms with Crippen LogP contribution in [-0.2, 0) is 0 Å². The van der Waals surface area contributed by atoms with Crippen molar-refractivity contribution in [1.82, 2.24) is 0 Å². The van der Waals surface area contributed by atoms with E-state index in [4.69, 9.17) is 0 Å². The Balaban J connectivity index is 2.83. The summed E-state index contributed by atoms with van der Waals surface area (Å²) in [5.74, 6) is -0.303. The van der Waals surface area contributed by atoms with Crippen molar-refractivity contribution in [2.45, 2.75) is 0 Å². The van der Waals surface area contributed by atoms with Crippen LogP contribution in [0.3, 0.4) is 0 Å². The lowest BCUT2D eigenvalue weighted by Crippen LogP contribution is -1.75. The van der Waals surface area contributed by atoms with Crippen molar-refractivity contribution in [2.75, 3.05) is 0 Å². The molecule has 0 atom stereocenters. The number of fused-ring (bicyclic) bond motifs is 1. The molecule has 1 nitrogen and oxygen atoms in total. The zero-order chi connectivity index (χ0) is 9.42. The van der Waals surface area contributed by atoms with Gasteiger partial charge in [-0.05, 0) is 34.1 Å². The van der Waals surface area contributed by atoms with Gasteiger partial charge in [0.05, 0.1) is 9.35 Å². The van der Waals surface area contributed by atoms with Gasteiger partial charge in [-0.1, -0.05) is 0 Å². The smallest absolute Gasteiger partial charge is 0.160 e. The largest absolute Gasteiger partial charge is 0.297 e. The molecule has 0 aliphatic heterocycles. The van der Waals surface area contributed by atoms with E-state index in [0.717, 1.165) is 16.4 Å². The van der Waals surface area contributed by atoms with Crippen LogP contribution in [0.25, 0.3) is 10.1 Å². The van der Waals surface area contributed by atoms with Crippen molar-refractivity contribution >= 4 is 43.6 Å². The van der Waals surface area contributed by atoms with Gasteiger partial charge in [0.2, 0.25) is 0 Å². The number of hydrogen-bond acceptors (Lipinski definition) is 2. The molecule has 0 unspecified atom stereocenters. The number of benzene rings is 1. The Morgan fingerprint density at radius 2 is 2.23 bits per heavy atom. The lowest BCUT2D eigenvalue weighted by molar-refractivity contribution is 0.112. The molecule has 2 aromatic rings. The third-order valence-electron chi connectivity index (χ3n) is 1.72. The molecule has 0 radical (unpaired) electrons. The molecule has 2 rings (SSSR count).